The highest BCUT2D eigenvalue weighted by Crippen LogP contribution is 2.44. The van der Waals surface area contributed by atoms with Crippen LogP contribution in [0.3, 0.4) is 0 Å². The fourth-order valence-corrected chi connectivity index (χ4v) is 7.41. The first-order valence-electron chi connectivity index (χ1n) is 12.8. The number of carbonyl (C=O) groups excluding carboxylic acids is 1. The molecule has 3 aromatic rings. The van der Waals surface area contributed by atoms with Crippen molar-refractivity contribution in [3.05, 3.63) is 54.2 Å². The van der Waals surface area contributed by atoms with Crippen molar-refractivity contribution in [1.29, 1.82) is 0 Å². The predicted octanol–water partition coefficient (Wildman–Crippen LogP) is 4.17. The molecular weight excluding hydrogens is 488 g/mol. The molecular formula is C27H32N4O5Si. The average molecular weight is 521 g/mol. The van der Waals surface area contributed by atoms with Gasteiger partial charge in [0.15, 0.2) is 18.2 Å². The van der Waals surface area contributed by atoms with E-state index in [0.29, 0.717) is 16.9 Å². The van der Waals surface area contributed by atoms with Crippen LogP contribution in [0.2, 0.25) is 18.1 Å². The average Bonchev–Trinajstić information content (AvgIpc) is 3.63. The minimum Gasteiger partial charge on any atom is -0.463 e. The molecule has 10 heteroatoms. The van der Waals surface area contributed by atoms with Crippen molar-refractivity contribution >= 4 is 25.2 Å². The normalized spacial score (nSPS) is 25.0. The number of benzene rings is 1. The Kier molecular flexibility index (Phi) is 7.39. The molecule has 2 aliphatic rings. The topological polar surface area (TPSA) is 97.6 Å². The van der Waals surface area contributed by atoms with E-state index in [1.54, 1.807) is 6.33 Å². The largest absolute Gasteiger partial charge is 0.463 e. The number of carbonyl (C=O) groups is 1. The number of nitrogens with zero attached hydrogens (tertiary/aromatic N) is 4. The molecule has 2 fully saturated rings. The number of aromatic nitrogens is 4. The molecule has 4 heterocycles. The number of ether oxygens (including phenoxy) is 4. The quantitative estimate of drug-likeness (QED) is 0.260. The van der Waals surface area contributed by atoms with Gasteiger partial charge in [0.2, 0.25) is 0 Å². The smallest absolute Gasteiger partial charge is 0.302 e. The maximum atomic E-state index is 11.5. The molecule has 2 aromatic heterocycles. The van der Waals surface area contributed by atoms with Gasteiger partial charge in [0.1, 0.15) is 50.5 Å². The van der Waals surface area contributed by atoms with E-state index in [0.717, 1.165) is 23.7 Å². The molecule has 0 N–H and O–H groups in total. The van der Waals surface area contributed by atoms with Crippen LogP contribution in [0, 0.1) is 11.5 Å². The van der Waals surface area contributed by atoms with E-state index in [2.05, 4.69) is 47.2 Å². The molecule has 0 saturated carbocycles. The lowest BCUT2D eigenvalue weighted by Gasteiger charge is -2.21. The first-order chi connectivity index (χ1) is 18.0. The molecule has 5 atom stereocenters. The maximum Gasteiger partial charge on any atom is 0.302 e. The van der Waals surface area contributed by atoms with Crippen molar-refractivity contribution in [2.24, 2.45) is 0 Å². The Morgan fingerprint density at radius 3 is 2.46 bits per heavy atom. The van der Waals surface area contributed by atoms with Crippen LogP contribution in [0.15, 0.2) is 43.0 Å². The van der Waals surface area contributed by atoms with E-state index in [-0.39, 0.29) is 12.6 Å². The van der Waals surface area contributed by atoms with Gasteiger partial charge in [0.25, 0.3) is 0 Å². The highest BCUT2D eigenvalue weighted by atomic mass is 28.3. The molecule has 2 aliphatic heterocycles. The van der Waals surface area contributed by atoms with Crippen molar-refractivity contribution in [2.45, 2.75) is 76.7 Å². The fourth-order valence-electron chi connectivity index (χ4n) is 5.00. The Morgan fingerprint density at radius 2 is 1.76 bits per heavy atom. The Labute approximate surface area is 217 Å². The zero-order valence-corrected chi connectivity index (χ0v) is 22.6. The van der Waals surface area contributed by atoms with Gasteiger partial charge in [0.05, 0.1) is 6.33 Å². The van der Waals surface area contributed by atoms with E-state index in [1.165, 1.54) is 13.3 Å². The van der Waals surface area contributed by atoms with Crippen LogP contribution in [-0.2, 0) is 23.7 Å². The van der Waals surface area contributed by atoms with Gasteiger partial charge in [-0.25, -0.2) is 15.0 Å². The summed E-state index contributed by atoms with van der Waals surface area (Å²) in [5.41, 5.74) is 6.36. The lowest BCUT2D eigenvalue weighted by atomic mass is 10.1. The Hall–Kier alpha value is -3.10. The third-order valence-electron chi connectivity index (χ3n) is 7.48. The second-order valence-corrected chi connectivity index (χ2v) is 14.4. The molecule has 0 aliphatic carbocycles. The molecule has 0 bridgehead atoms. The van der Waals surface area contributed by atoms with Crippen molar-refractivity contribution < 1.29 is 23.7 Å². The van der Waals surface area contributed by atoms with E-state index in [4.69, 9.17) is 18.9 Å². The summed E-state index contributed by atoms with van der Waals surface area (Å²) < 4.78 is 26.1. The van der Waals surface area contributed by atoms with Gasteiger partial charge >= 0.3 is 5.97 Å². The SMILES string of the molecule is CC[Si](C#Cc1ncnc2c1ncn2[C@@H]1O[C@H](COC(C)=O)[C@H]2O[C@@H](c3ccccc3)O[C@H]21)(CC)CC. The number of imidazole rings is 1. The molecule has 5 rings (SSSR count). The van der Waals surface area contributed by atoms with E-state index >= 15 is 0 Å². The van der Waals surface area contributed by atoms with Crippen LogP contribution in [0.4, 0.5) is 0 Å². The molecule has 9 nitrogen and oxygen atoms in total. The van der Waals surface area contributed by atoms with Crippen molar-refractivity contribution in [3.8, 4) is 11.5 Å². The van der Waals surface area contributed by atoms with Crippen LogP contribution in [0.5, 0.6) is 0 Å². The molecule has 0 spiro atoms. The zero-order valence-electron chi connectivity index (χ0n) is 21.6. The Bertz CT molecular complexity index is 1310. The summed E-state index contributed by atoms with van der Waals surface area (Å²) in [6, 6.07) is 13.1. The third-order valence-corrected chi connectivity index (χ3v) is 12.2. The minimum absolute atomic E-state index is 0.0635. The monoisotopic (exact) mass is 520 g/mol. The zero-order chi connectivity index (χ0) is 26.0. The van der Waals surface area contributed by atoms with Gasteiger partial charge in [-0.3, -0.25) is 9.36 Å². The van der Waals surface area contributed by atoms with Crippen LogP contribution in [-0.4, -0.2) is 58.5 Å². The summed E-state index contributed by atoms with van der Waals surface area (Å²) in [4.78, 5) is 25.1. The van der Waals surface area contributed by atoms with Gasteiger partial charge in [-0.2, -0.15) is 0 Å². The summed E-state index contributed by atoms with van der Waals surface area (Å²) in [6.07, 6.45) is 0.685. The standard InChI is InChI=1S/C27H32N4O5Si/c1-5-37(6-2,7-3)14-13-20-22-25(29-16-28-20)31(17-30-22)26-24-23(21(34-26)15-33-18(4)32)35-27(36-24)19-11-9-8-10-12-19/h8-12,16-17,21,23-24,26-27H,5-7,15H2,1-4H3/t21-,23-,24-,26-,27-/m1/s1. The fraction of sp³-hybridized carbons (Fsp3) is 0.481. The van der Waals surface area contributed by atoms with Gasteiger partial charge < -0.3 is 18.9 Å². The first-order valence-corrected chi connectivity index (χ1v) is 15.5. The van der Waals surface area contributed by atoms with Crippen LogP contribution in [0.1, 0.15) is 51.5 Å². The van der Waals surface area contributed by atoms with Crippen LogP contribution >= 0.6 is 0 Å². The lowest BCUT2D eigenvalue weighted by Crippen LogP contribution is -2.32. The molecule has 37 heavy (non-hydrogen) atoms. The Morgan fingerprint density at radius 1 is 1.03 bits per heavy atom. The molecule has 0 radical (unpaired) electrons. The number of fused-ring (bicyclic) bond motifs is 2. The van der Waals surface area contributed by atoms with E-state index < -0.39 is 38.9 Å². The maximum absolute atomic E-state index is 11.5. The molecule has 0 amide bonds. The van der Waals surface area contributed by atoms with Gasteiger partial charge in [-0.1, -0.05) is 57.0 Å². The van der Waals surface area contributed by atoms with Gasteiger partial charge in [-0.15, -0.1) is 5.54 Å². The van der Waals surface area contributed by atoms with E-state index in [1.807, 2.05) is 34.9 Å². The van der Waals surface area contributed by atoms with E-state index in [9.17, 15) is 4.79 Å². The second-order valence-electron chi connectivity index (χ2n) is 9.45. The van der Waals surface area contributed by atoms with Gasteiger partial charge in [0, 0.05) is 12.5 Å². The summed E-state index contributed by atoms with van der Waals surface area (Å²) in [5, 5.41) is 0. The van der Waals surface area contributed by atoms with Gasteiger partial charge in [-0.05, 0) is 18.1 Å². The van der Waals surface area contributed by atoms with Crippen molar-refractivity contribution in [1.82, 2.24) is 19.5 Å². The number of hydrogen-bond acceptors (Lipinski definition) is 8. The second kappa shape index (κ2) is 10.7. The molecule has 0 unspecified atom stereocenters. The van der Waals surface area contributed by atoms with Crippen molar-refractivity contribution in [3.63, 3.8) is 0 Å². The third kappa shape index (κ3) is 4.92. The summed E-state index contributed by atoms with van der Waals surface area (Å²) in [6.45, 7) is 8.12. The lowest BCUT2D eigenvalue weighted by molar-refractivity contribution is -0.165. The number of hydrogen-bond donors (Lipinski definition) is 0. The van der Waals surface area contributed by atoms with Crippen LogP contribution in [0.25, 0.3) is 11.2 Å². The summed E-state index contributed by atoms with van der Waals surface area (Å²) >= 11 is 0. The minimum atomic E-state index is -1.65. The summed E-state index contributed by atoms with van der Waals surface area (Å²) in [5.74, 6) is 2.95. The highest BCUT2D eigenvalue weighted by molar-refractivity contribution is 6.87. The molecule has 1 aromatic carbocycles. The predicted molar refractivity (Wildman–Crippen MR) is 139 cm³/mol. The number of esters is 1. The first kappa shape index (κ1) is 25.5. The van der Waals surface area contributed by atoms with Crippen LogP contribution < -0.4 is 0 Å². The highest BCUT2D eigenvalue weighted by Gasteiger charge is 2.54. The molecule has 194 valence electrons. The Balaban J connectivity index is 1.48. The molecule has 2 saturated heterocycles. The summed E-state index contributed by atoms with van der Waals surface area (Å²) in [7, 11) is -1.65. The number of rotatable bonds is 7. The van der Waals surface area contributed by atoms with Crippen molar-refractivity contribution in [2.75, 3.05) is 6.61 Å².